The number of ether oxygens (including phenoxy) is 3. The van der Waals surface area contributed by atoms with E-state index in [-0.39, 0.29) is 12.5 Å². The molecule has 0 unspecified atom stereocenters. The Hall–Kier alpha value is -2.73. The van der Waals surface area contributed by atoms with Crippen LogP contribution in [0.15, 0.2) is 48.5 Å². The molecule has 0 aliphatic heterocycles. The third-order valence-corrected chi connectivity index (χ3v) is 4.64. The first kappa shape index (κ1) is 24.5. The van der Waals surface area contributed by atoms with Gasteiger partial charge in [0.2, 0.25) is 5.91 Å². The summed E-state index contributed by atoms with van der Waals surface area (Å²) in [6.07, 6.45) is 6.08. The van der Waals surface area contributed by atoms with Gasteiger partial charge < -0.3 is 24.8 Å². The average Bonchev–Trinajstić information content (AvgIpc) is 2.79. The number of amides is 1. The smallest absolute Gasteiger partial charge is 0.243 e. The lowest BCUT2D eigenvalue weighted by Gasteiger charge is -2.11. The lowest BCUT2D eigenvalue weighted by atomic mass is 10.2. The summed E-state index contributed by atoms with van der Waals surface area (Å²) in [6, 6.07) is 15.0. The number of hydrogen-bond donors (Lipinski definition) is 2. The van der Waals surface area contributed by atoms with E-state index in [9.17, 15) is 4.79 Å². The van der Waals surface area contributed by atoms with E-state index in [4.69, 9.17) is 14.2 Å². The minimum absolute atomic E-state index is 0.118. The van der Waals surface area contributed by atoms with E-state index in [0.717, 1.165) is 35.9 Å². The van der Waals surface area contributed by atoms with Gasteiger partial charge in [-0.15, -0.1) is 0 Å². The number of unbranched alkanes of at least 4 members (excludes halogenated alkanes) is 4. The molecule has 0 saturated heterocycles. The summed E-state index contributed by atoms with van der Waals surface area (Å²) in [7, 11) is 0. The fourth-order valence-electron chi connectivity index (χ4n) is 2.98. The standard InChI is InChI=1S/C25H36N2O4/c1-3-5-6-7-8-16-30-23-14-12-21(13-15-23)27-25(28)20-26-22-10-9-11-24(19-22)31-18-17-29-4-2/h9-15,19,26H,3-8,16-18,20H2,1-2H3,(H,27,28). The summed E-state index contributed by atoms with van der Waals surface area (Å²) in [5.74, 6) is 1.45. The molecule has 0 heterocycles. The molecule has 6 nitrogen and oxygen atoms in total. The molecule has 0 bridgehead atoms. The predicted octanol–water partition coefficient (Wildman–Crippen LogP) is 5.50. The highest BCUT2D eigenvalue weighted by atomic mass is 16.5. The van der Waals surface area contributed by atoms with Crippen LogP contribution in [-0.4, -0.2) is 38.9 Å². The highest BCUT2D eigenvalue weighted by molar-refractivity contribution is 5.93. The Kier molecular flexibility index (Phi) is 12.0. The Morgan fingerprint density at radius 3 is 2.35 bits per heavy atom. The third kappa shape index (κ3) is 10.7. The van der Waals surface area contributed by atoms with Crippen LogP contribution < -0.4 is 20.1 Å². The van der Waals surface area contributed by atoms with Gasteiger partial charge >= 0.3 is 0 Å². The second kappa shape index (κ2) is 15.1. The van der Waals surface area contributed by atoms with E-state index >= 15 is 0 Å². The van der Waals surface area contributed by atoms with E-state index in [2.05, 4.69) is 17.6 Å². The van der Waals surface area contributed by atoms with Crippen LogP contribution in [0.4, 0.5) is 11.4 Å². The van der Waals surface area contributed by atoms with Gasteiger partial charge in [-0.05, 0) is 49.7 Å². The van der Waals surface area contributed by atoms with Crippen molar-refractivity contribution in [1.82, 2.24) is 0 Å². The largest absolute Gasteiger partial charge is 0.494 e. The summed E-state index contributed by atoms with van der Waals surface area (Å²) >= 11 is 0. The second-order valence-electron chi connectivity index (χ2n) is 7.26. The van der Waals surface area contributed by atoms with Crippen LogP contribution in [0, 0.1) is 0 Å². The normalized spacial score (nSPS) is 10.5. The quantitative estimate of drug-likeness (QED) is 0.346. The third-order valence-electron chi connectivity index (χ3n) is 4.64. The molecule has 170 valence electrons. The van der Waals surface area contributed by atoms with E-state index < -0.39 is 0 Å². The first-order valence-corrected chi connectivity index (χ1v) is 11.3. The van der Waals surface area contributed by atoms with Crippen molar-refractivity contribution in [3.63, 3.8) is 0 Å². The molecule has 2 aromatic carbocycles. The van der Waals surface area contributed by atoms with Crippen LogP contribution in [0.2, 0.25) is 0 Å². The molecule has 6 heteroatoms. The fourth-order valence-corrected chi connectivity index (χ4v) is 2.98. The molecule has 0 fully saturated rings. The van der Waals surface area contributed by atoms with Crippen molar-refractivity contribution in [3.8, 4) is 11.5 Å². The van der Waals surface area contributed by atoms with E-state index in [1.807, 2.05) is 55.5 Å². The maximum atomic E-state index is 12.2. The van der Waals surface area contributed by atoms with Crippen LogP contribution in [0.3, 0.4) is 0 Å². The van der Waals surface area contributed by atoms with Crippen molar-refractivity contribution >= 4 is 17.3 Å². The maximum absolute atomic E-state index is 12.2. The van der Waals surface area contributed by atoms with E-state index in [0.29, 0.717) is 19.8 Å². The summed E-state index contributed by atoms with van der Waals surface area (Å²) in [6.45, 7) is 6.79. The van der Waals surface area contributed by atoms with Crippen LogP contribution in [0.1, 0.15) is 46.0 Å². The summed E-state index contributed by atoms with van der Waals surface area (Å²) in [4.78, 5) is 12.2. The number of nitrogens with one attached hydrogen (secondary N) is 2. The number of anilines is 2. The number of hydrogen-bond acceptors (Lipinski definition) is 5. The zero-order chi connectivity index (χ0) is 22.2. The zero-order valence-electron chi connectivity index (χ0n) is 18.8. The van der Waals surface area contributed by atoms with Crippen LogP contribution in [0.25, 0.3) is 0 Å². The molecule has 0 aliphatic rings. The van der Waals surface area contributed by atoms with E-state index in [1.54, 1.807) is 0 Å². The Balaban J connectivity index is 1.68. The number of rotatable bonds is 16. The van der Waals surface area contributed by atoms with Gasteiger partial charge in [0.25, 0.3) is 0 Å². The van der Waals surface area contributed by atoms with Crippen molar-refractivity contribution in [2.45, 2.75) is 46.0 Å². The SMILES string of the molecule is CCCCCCCOc1ccc(NC(=O)CNc2cccc(OCCOCC)c2)cc1. The van der Waals surface area contributed by atoms with E-state index in [1.165, 1.54) is 25.7 Å². The Morgan fingerprint density at radius 1 is 0.806 bits per heavy atom. The minimum atomic E-state index is -0.118. The highest BCUT2D eigenvalue weighted by Gasteiger charge is 2.04. The number of carbonyl (C=O) groups excluding carboxylic acids is 1. The Bertz CT molecular complexity index is 749. The molecule has 1 amide bonds. The Morgan fingerprint density at radius 2 is 1.58 bits per heavy atom. The van der Waals surface area contributed by atoms with Gasteiger partial charge in [0.05, 0.1) is 19.8 Å². The zero-order valence-corrected chi connectivity index (χ0v) is 18.8. The maximum Gasteiger partial charge on any atom is 0.243 e. The monoisotopic (exact) mass is 428 g/mol. The molecule has 31 heavy (non-hydrogen) atoms. The first-order chi connectivity index (χ1) is 15.2. The number of benzene rings is 2. The molecule has 2 rings (SSSR count). The molecule has 0 spiro atoms. The molecule has 2 aromatic rings. The first-order valence-electron chi connectivity index (χ1n) is 11.3. The average molecular weight is 429 g/mol. The van der Waals surface area contributed by atoms with Gasteiger partial charge in [-0.25, -0.2) is 0 Å². The lowest BCUT2D eigenvalue weighted by molar-refractivity contribution is -0.114. The van der Waals surface area contributed by atoms with Crippen molar-refractivity contribution in [2.75, 3.05) is 43.6 Å². The van der Waals surface area contributed by atoms with Crippen molar-refractivity contribution < 1.29 is 19.0 Å². The molecular weight excluding hydrogens is 392 g/mol. The van der Waals surface area contributed by atoms with Crippen LogP contribution in [0.5, 0.6) is 11.5 Å². The molecule has 0 radical (unpaired) electrons. The molecule has 0 aromatic heterocycles. The van der Waals surface area contributed by atoms with Crippen molar-refractivity contribution in [3.05, 3.63) is 48.5 Å². The predicted molar refractivity (Wildman–Crippen MR) is 126 cm³/mol. The molecule has 0 saturated carbocycles. The number of carbonyl (C=O) groups is 1. The van der Waals surface area contributed by atoms with Gasteiger partial charge in [-0.1, -0.05) is 38.7 Å². The van der Waals surface area contributed by atoms with Crippen LogP contribution in [-0.2, 0) is 9.53 Å². The van der Waals surface area contributed by atoms with Gasteiger partial charge in [-0.3, -0.25) is 4.79 Å². The minimum Gasteiger partial charge on any atom is -0.494 e. The molecular formula is C25H36N2O4. The molecule has 0 aliphatic carbocycles. The summed E-state index contributed by atoms with van der Waals surface area (Å²) in [5.41, 5.74) is 1.57. The highest BCUT2D eigenvalue weighted by Crippen LogP contribution is 2.18. The van der Waals surface area contributed by atoms with Gasteiger partial charge in [0.1, 0.15) is 18.1 Å². The van der Waals surface area contributed by atoms with Gasteiger partial charge in [-0.2, -0.15) is 0 Å². The van der Waals surface area contributed by atoms with Gasteiger partial charge in [0, 0.05) is 24.0 Å². The summed E-state index contributed by atoms with van der Waals surface area (Å²) in [5, 5.41) is 6.01. The second-order valence-corrected chi connectivity index (χ2v) is 7.26. The molecule has 2 N–H and O–H groups in total. The Labute approximate surface area is 186 Å². The van der Waals surface area contributed by atoms with Gasteiger partial charge in [0.15, 0.2) is 0 Å². The van der Waals surface area contributed by atoms with Crippen molar-refractivity contribution in [2.24, 2.45) is 0 Å². The fraction of sp³-hybridized carbons (Fsp3) is 0.480. The van der Waals surface area contributed by atoms with Crippen molar-refractivity contribution in [1.29, 1.82) is 0 Å². The molecule has 0 atom stereocenters. The summed E-state index contributed by atoms with van der Waals surface area (Å²) < 4.78 is 16.7. The lowest BCUT2D eigenvalue weighted by Crippen LogP contribution is -2.21. The topological polar surface area (TPSA) is 68.8 Å². The van der Waals surface area contributed by atoms with Crippen LogP contribution >= 0.6 is 0 Å².